The fraction of sp³-hybridized carbons (Fsp3) is 0.412. The summed E-state index contributed by atoms with van der Waals surface area (Å²) in [4.78, 5) is 41.9. The van der Waals surface area contributed by atoms with Gasteiger partial charge in [-0.25, -0.2) is 9.78 Å². The number of carbonyl (C=O) groups excluding carboxylic acids is 1. The van der Waals surface area contributed by atoms with E-state index in [0.717, 1.165) is 0 Å². The van der Waals surface area contributed by atoms with Crippen molar-refractivity contribution in [2.75, 3.05) is 6.54 Å². The Hall–Kier alpha value is -2.70. The van der Waals surface area contributed by atoms with Crippen LogP contribution in [0.1, 0.15) is 26.2 Å². The van der Waals surface area contributed by atoms with Gasteiger partial charge in [-0.05, 0) is 31.9 Å². The fourth-order valence-electron chi connectivity index (χ4n) is 3.20. The number of carbonyl (C=O) groups is 2. The van der Waals surface area contributed by atoms with Gasteiger partial charge in [0.25, 0.3) is 5.56 Å². The van der Waals surface area contributed by atoms with E-state index in [0.29, 0.717) is 30.3 Å². The number of rotatable bonds is 4. The van der Waals surface area contributed by atoms with Gasteiger partial charge in [0.1, 0.15) is 5.54 Å². The van der Waals surface area contributed by atoms with Gasteiger partial charge in [-0.2, -0.15) is 0 Å². The predicted molar refractivity (Wildman–Crippen MR) is 87.6 cm³/mol. The van der Waals surface area contributed by atoms with Crippen molar-refractivity contribution in [1.82, 2.24) is 14.5 Å². The van der Waals surface area contributed by atoms with Crippen molar-refractivity contribution in [2.24, 2.45) is 0 Å². The van der Waals surface area contributed by atoms with Crippen LogP contribution in [0.4, 0.5) is 0 Å². The molecule has 3 rings (SSSR count). The summed E-state index contributed by atoms with van der Waals surface area (Å²) in [6, 6.07) is 7.03. The summed E-state index contributed by atoms with van der Waals surface area (Å²) in [5.74, 6) is -1.24. The minimum atomic E-state index is -1.15. The molecule has 0 saturated carbocycles. The average molecular weight is 329 g/mol. The SMILES string of the molecule is CC1(C(=O)O)CCCN1C(=O)CCn1cnc2ccccc2c1=O. The number of fused-ring (bicyclic) bond motifs is 1. The second-order valence-corrected chi connectivity index (χ2v) is 6.24. The van der Waals surface area contributed by atoms with Crippen molar-refractivity contribution < 1.29 is 14.7 Å². The molecule has 1 aliphatic heterocycles. The van der Waals surface area contributed by atoms with Crippen LogP contribution in [0.3, 0.4) is 0 Å². The lowest BCUT2D eigenvalue weighted by molar-refractivity contribution is -0.155. The molecule has 1 unspecified atom stereocenters. The van der Waals surface area contributed by atoms with E-state index in [1.165, 1.54) is 15.8 Å². The Kier molecular flexibility index (Phi) is 4.09. The first kappa shape index (κ1) is 16.2. The van der Waals surface area contributed by atoms with Gasteiger partial charge in [0, 0.05) is 19.5 Å². The first-order chi connectivity index (χ1) is 11.4. The van der Waals surface area contributed by atoms with Gasteiger partial charge in [-0.15, -0.1) is 0 Å². The summed E-state index contributed by atoms with van der Waals surface area (Å²) in [5, 5.41) is 9.88. The van der Waals surface area contributed by atoms with Crippen molar-refractivity contribution in [3.8, 4) is 0 Å². The first-order valence-electron chi connectivity index (χ1n) is 7.91. The third kappa shape index (κ3) is 2.66. The maximum absolute atomic E-state index is 12.4. The maximum atomic E-state index is 12.4. The normalized spacial score (nSPS) is 20.5. The van der Waals surface area contributed by atoms with E-state index in [9.17, 15) is 19.5 Å². The van der Waals surface area contributed by atoms with Crippen LogP contribution >= 0.6 is 0 Å². The standard InChI is InChI=1S/C17H19N3O4/c1-17(16(23)24)8-4-9-20(17)14(21)7-10-19-11-18-13-6-3-2-5-12(13)15(19)22/h2-3,5-6,11H,4,7-10H2,1H3,(H,23,24). The molecular weight excluding hydrogens is 310 g/mol. The van der Waals surface area contributed by atoms with E-state index >= 15 is 0 Å². The molecule has 0 radical (unpaired) electrons. The molecule has 1 aromatic heterocycles. The molecule has 0 spiro atoms. The monoisotopic (exact) mass is 329 g/mol. The highest BCUT2D eigenvalue weighted by molar-refractivity contribution is 5.87. The highest BCUT2D eigenvalue weighted by Gasteiger charge is 2.45. The molecule has 1 N–H and O–H groups in total. The van der Waals surface area contributed by atoms with E-state index in [-0.39, 0.29) is 24.4 Å². The van der Waals surface area contributed by atoms with Crippen molar-refractivity contribution in [2.45, 2.75) is 38.3 Å². The molecule has 1 aliphatic rings. The molecular formula is C17H19N3O4. The summed E-state index contributed by atoms with van der Waals surface area (Å²) in [6.07, 6.45) is 2.62. The molecule has 0 bridgehead atoms. The van der Waals surface area contributed by atoms with Crippen LogP contribution in [0.2, 0.25) is 0 Å². The number of hydrogen-bond acceptors (Lipinski definition) is 4. The lowest BCUT2D eigenvalue weighted by Crippen LogP contribution is -2.51. The average Bonchev–Trinajstić information content (AvgIpc) is 2.97. The maximum Gasteiger partial charge on any atom is 0.329 e. The van der Waals surface area contributed by atoms with Gasteiger partial charge in [-0.1, -0.05) is 12.1 Å². The Bertz CT molecular complexity index is 860. The van der Waals surface area contributed by atoms with Crippen molar-refractivity contribution >= 4 is 22.8 Å². The second kappa shape index (κ2) is 6.07. The summed E-state index contributed by atoms with van der Waals surface area (Å²) >= 11 is 0. The smallest absolute Gasteiger partial charge is 0.329 e. The third-order valence-electron chi connectivity index (χ3n) is 4.70. The van der Waals surface area contributed by atoms with Crippen LogP contribution in [0.15, 0.2) is 35.4 Å². The zero-order valence-corrected chi connectivity index (χ0v) is 13.4. The highest BCUT2D eigenvalue weighted by atomic mass is 16.4. The number of likely N-dealkylation sites (tertiary alicyclic amines) is 1. The van der Waals surface area contributed by atoms with E-state index in [4.69, 9.17) is 0 Å². The zero-order chi connectivity index (χ0) is 17.3. The lowest BCUT2D eigenvalue weighted by Gasteiger charge is -2.31. The molecule has 2 aromatic rings. The van der Waals surface area contributed by atoms with Crippen molar-refractivity contribution in [1.29, 1.82) is 0 Å². The van der Waals surface area contributed by atoms with Crippen LogP contribution in [0.5, 0.6) is 0 Å². The molecule has 24 heavy (non-hydrogen) atoms. The number of aliphatic carboxylic acids is 1. The number of carboxylic acids is 1. The van der Waals surface area contributed by atoms with Crippen LogP contribution in [-0.2, 0) is 16.1 Å². The fourth-order valence-corrected chi connectivity index (χ4v) is 3.20. The number of amides is 1. The van der Waals surface area contributed by atoms with Gasteiger partial charge in [0.05, 0.1) is 17.2 Å². The molecule has 126 valence electrons. The number of benzene rings is 1. The van der Waals surface area contributed by atoms with Gasteiger partial charge in [0.15, 0.2) is 0 Å². The highest BCUT2D eigenvalue weighted by Crippen LogP contribution is 2.29. The molecule has 1 fully saturated rings. The molecule has 2 heterocycles. The molecule has 1 aromatic carbocycles. The molecule has 7 nitrogen and oxygen atoms in total. The first-order valence-corrected chi connectivity index (χ1v) is 7.91. The van der Waals surface area contributed by atoms with Crippen LogP contribution in [-0.4, -0.2) is 43.5 Å². The van der Waals surface area contributed by atoms with E-state index in [1.54, 1.807) is 25.1 Å². The largest absolute Gasteiger partial charge is 0.480 e. The number of nitrogens with zero attached hydrogens (tertiary/aromatic N) is 3. The summed E-state index contributed by atoms with van der Waals surface area (Å²) in [5.41, 5.74) is -0.733. The van der Waals surface area contributed by atoms with Crippen molar-refractivity contribution in [3.63, 3.8) is 0 Å². The summed E-state index contributed by atoms with van der Waals surface area (Å²) in [6.45, 7) is 2.19. The minimum absolute atomic E-state index is 0.0722. The van der Waals surface area contributed by atoms with E-state index in [2.05, 4.69) is 4.98 Å². The molecule has 0 aliphatic carbocycles. The Labute approximate surface area is 138 Å². The second-order valence-electron chi connectivity index (χ2n) is 6.24. The Balaban J connectivity index is 1.76. The molecule has 1 amide bonds. The summed E-state index contributed by atoms with van der Waals surface area (Å²) < 4.78 is 1.40. The van der Waals surface area contributed by atoms with E-state index in [1.807, 2.05) is 6.07 Å². The van der Waals surface area contributed by atoms with Gasteiger partial charge >= 0.3 is 5.97 Å². The molecule has 1 saturated heterocycles. The van der Waals surface area contributed by atoms with Gasteiger partial charge < -0.3 is 10.0 Å². The Morgan fingerprint density at radius 1 is 1.33 bits per heavy atom. The molecule has 1 atom stereocenters. The Morgan fingerprint density at radius 2 is 2.08 bits per heavy atom. The number of para-hydroxylation sites is 1. The zero-order valence-electron chi connectivity index (χ0n) is 13.4. The van der Waals surface area contributed by atoms with Crippen molar-refractivity contribution in [3.05, 3.63) is 40.9 Å². The van der Waals surface area contributed by atoms with Crippen LogP contribution in [0.25, 0.3) is 10.9 Å². The van der Waals surface area contributed by atoms with Crippen LogP contribution < -0.4 is 5.56 Å². The quantitative estimate of drug-likeness (QED) is 0.911. The minimum Gasteiger partial charge on any atom is -0.480 e. The number of aromatic nitrogens is 2. The lowest BCUT2D eigenvalue weighted by atomic mass is 9.99. The summed E-state index contributed by atoms with van der Waals surface area (Å²) in [7, 11) is 0. The predicted octanol–water partition coefficient (Wildman–Crippen LogP) is 1.25. The Morgan fingerprint density at radius 3 is 2.83 bits per heavy atom. The third-order valence-corrected chi connectivity index (χ3v) is 4.70. The number of aryl methyl sites for hydroxylation is 1. The van der Waals surface area contributed by atoms with Gasteiger partial charge in [0.2, 0.25) is 5.91 Å². The molecule has 7 heteroatoms. The number of hydrogen-bond donors (Lipinski definition) is 1. The number of carboxylic acid groups (broad SMARTS) is 1. The topological polar surface area (TPSA) is 92.5 Å². The van der Waals surface area contributed by atoms with E-state index < -0.39 is 11.5 Å². The van der Waals surface area contributed by atoms with Crippen LogP contribution in [0, 0.1) is 0 Å². The van der Waals surface area contributed by atoms with Gasteiger partial charge in [-0.3, -0.25) is 14.2 Å².